The molecular weight excluding hydrogens is 821 g/mol. The van der Waals surface area contributed by atoms with E-state index in [9.17, 15) is 19.2 Å². The van der Waals surface area contributed by atoms with Gasteiger partial charge in [0.05, 0.1) is 32.4 Å². The predicted molar refractivity (Wildman–Crippen MR) is 236 cm³/mol. The number of ether oxygens (including phenoxy) is 5. The second-order valence-corrected chi connectivity index (χ2v) is 19.0. The first-order chi connectivity index (χ1) is 31.0. The number of benzene rings is 1. The Morgan fingerprint density at radius 3 is 2.53 bits per heavy atom. The molecule has 0 bridgehead atoms. The number of morpholine rings is 1. The summed E-state index contributed by atoms with van der Waals surface area (Å²) in [5.74, 6) is 2.26. The highest BCUT2D eigenvalue weighted by molar-refractivity contribution is 5.96. The van der Waals surface area contributed by atoms with E-state index in [0.29, 0.717) is 73.1 Å². The number of rotatable bonds is 12. The second-order valence-electron chi connectivity index (χ2n) is 19.0. The summed E-state index contributed by atoms with van der Waals surface area (Å²) in [7, 11) is 1.34. The number of fused-ring (bicyclic) bond motifs is 4. The zero-order valence-electron chi connectivity index (χ0n) is 37.4. The fourth-order valence-corrected chi connectivity index (χ4v) is 10.4. The normalized spacial score (nSPS) is 29.7. The molecule has 3 N–H and O–H groups in total. The Morgan fingerprint density at radius 2 is 1.75 bits per heavy atom. The van der Waals surface area contributed by atoms with Gasteiger partial charge in [-0.1, -0.05) is 32.1 Å². The van der Waals surface area contributed by atoms with Crippen molar-refractivity contribution in [1.82, 2.24) is 35.2 Å². The van der Waals surface area contributed by atoms with Crippen LogP contribution in [0.5, 0.6) is 11.5 Å². The van der Waals surface area contributed by atoms with Crippen molar-refractivity contribution >= 4 is 40.6 Å². The third kappa shape index (κ3) is 10.0. The predicted octanol–water partition coefficient (Wildman–Crippen LogP) is 4.99. The lowest BCUT2D eigenvalue weighted by Gasteiger charge is -2.29. The maximum absolute atomic E-state index is 14.8. The van der Waals surface area contributed by atoms with Gasteiger partial charge in [-0.05, 0) is 82.3 Å². The van der Waals surface area contributed by atoms with Crippen LogP contribution < -0.4 is 25.4 Å². The van der Waals surface area contributed by atoms with Gasteiger partial charge in [0.1, 0.15) is 53.8 Å². The van der Waals surface area contributed by atoms with Gasteiger partial charge >= 0.3 is 12.1 Å². The fraction of sp³-hybridized carbons (Fsp3) is 0.660. The van der Waals surface area contributed by atoms with Crippen molar-refractivity contribution in [1.29, 1.82) is 0 Å². The summed E-state index contributed by atoms with van der Waals surface area (Å²) in [6, 6.07) is 7.68. The molecule has 1 aromatic carbocycles. The molecule has 17 heteroatoms. The summed E-state index contributed by atoms with van der Waals surface area (Å²) in [5.41, 5.74) is -0.525. The lowest BCUT2D eigenvalue weighted by atomic mass is 10.0. The smallest absolute Gasteiger partial charge is 0.408 e. The van der Waals surface area contributed by atoms with E-state index in [0.717, 1.165) is 76.4 Å². The molecule has 6 fully saturated rings. The lowest BCUT2D eigenvalue weighted by Crippen LogP contribution is -2.56. The number of pyridine rings is 1. The molecule has 3 aliphatic carbocycles. The molecule has 0 spiro atoms. The van der Waals surface area contributed by atoms with Crippen LogP contribution in [0.3, 0.4) is 0 Å². The standard InChI is InChI=1S/C47H64N8O9/c1-29(2)48-41-13-14-55(52-41)42-26-40(36-12-11-33(24-38(36)49-42)62-20-17-53-15-18-61-19-16-53)63-35-25-39-43(56)51-47(45(58)60-3)27-32(47)9-7-5-4-6-8-10-37(44(57)54(39)28-35)50-46(59)64-34-22-30-21-31(30)23-34/h11-14,24,26,29-32,34-35,37,39H,4-10,15-23,25,27-28H2,1-3H3,(H,48,52)(H,50,59)(H,51,56)/t30-,31+,32-,34+,35-,37+,39?,47-/m1/s1. The molecular formula is C47H64N8O9. The molecule has 1 unspecified atom stereocenters. The Balaban J connectivity index is 0.997. The van der Waals surface area contributed by atoms with Crippen LogP contribution in [-0.2, 0) is 28.6 Å². The highest BCUT2D eigenvalue weighted by atomic mass is 16.6. The first kappa shape index (κ1) is 44.1. The van der Waals surface area contributed by atoms with Crippen molar-refractivity contribution < 1.29 is 42.9 Å². The molecule has 3 amide bonds. The molecule has 64 heavy (non-hydrogen) atoms. The van der Waals surface area contributed by atoms with Crippen molar-refractivity contribution in [3.05, 3.63) is 36.5 Å². The fourth-order valence-electron chi connectivity index (χ4n) is 10.4. The minimum Gasteiger partial charge on any atom is -0.492 e. The summed E-state index contributed by atoms with van der Waals surface area (Å²) in [5, 5.41) is 14.8. The number of nitrogens with zero attached hydrogens (tertiary/aromatic N) is 5. The van der Waals surface area contributed by atoms with E-state index in [4.69, 9.17) is 33.8 Å². The Kier molecular flexibility index (Phi) is 13.2. The van der Waals surface area contributed by atoms with E-state index >= 15 is 0 Å². The van der Waals surface area contributed by atoms with E-state index in [-0.39, 0.29) is 36.9 Å². The maximum Gasteiger partial charge on any atom is 0.408 e. The Labute approximate surface area is 374 Å². The van der Waals surface area contributed by atoms with Crippen LogP contribution in [0.25, 0.3) is 16.7 Å². The van der Waals surface area contributed by atoms with Crippen molar-refractivity contribution in [3.63, 3.8) is 0 Å². The number of alkyl carbamates (subject to hydrolysis) is 1. The van der Waals surface area contributed by atoms with Crippen LogP contribution >= 0.6 is 0 Å². The first-order valence-corrected chi connectivity index (χ1v) is 23.6. The van der Waals surface area contributed by atoms with Crippen molar-refractivity contribution in [2.45, 2.75) is 127 Å². The minimum absolute atomic E-state index is 0.0502. The molecule has 9 rings (SSSR count). The Hall–Kier alpha value is -5.16. The van der Waals surface area contributed by atoms with Crippen LogP contribution in [-0.4, -0.2) is 137 Å². The quantitative estimate of drug-likeness (QED) is 0.207. The van der Waals surface area contributed by atoms with Gasteiger partial charge in [-0.25, -0.2) is 19.3 Å². The third-order valence-electron chi connectivity index (χ3n) is 14.0. The van der Waals surface area contributed by atoms with Gasteiger partial charge in [-0.15, -0.1) is 5.10 Å². The van der Waals surface area contributed by atoms with E-state index < -0.39 is 41.7 Å². The van der Waals surface area contributed by atoms with Gasteiger partial charge in [0.2, 0.25) is 11.8 Å². The monoisotopic (exact) mass is 884 g/mol. The number of methoxy groups -OCH3 is 1. The minimum atomic E-state index is -1.14. The average Bonchev–Trinajstić information content (AvgIpc) is 3.93. The van der Waals surface area contributed by atoms with E-state index in [1.165, 1.54) is 18.4 Å². The van der Waals surface area contributed by atoms with Crippen LogP contribution in [0.4, 0.5) is 10.6 Å². The molecule has 6 aliphatic rings. The molecule has 2 aromatic heterocycles. The number of hydrogen-bond acceptors (Lipinski definition) is 13. The number of aromatic nitrogens is 3. The molecule has 3 saturated carbocycles. The van der Waals surface area contributed by atoms with E-state index in [1.54, 1.807) is 4.68 Å². The molecule has 346 valence electrons. The summed E-state index contributed by atoms with van der Waals surface area (Å²) in [6.45, 7) is 8.59. The van der Waals surface area contributed by atoms with Gasteiger partial charge < -0.3 is 44.5 Å². The van der Waals surface area contributed by atoms with Gasteiger partial charge in [-0.3, -0.25) is 14.5 Å². The molecule has 3 saturated heterocycles. The summed E-state index contributed by atoms with van der Waals surface area (Å²) < 4.78 is 31.4. The highest BCUT2D eigenvalue weighted by Crippen LogP contribution is 2.52. The van der Waals surface area contributed by atoms with Crippen LogP contribution in [0.2, 0.25) is 0 Å². The molecule has 3 aliphatic heterocycles. The van der Waals surface area contributed by atoms with Gasteiger partial charge in [-0.2, -0.15) is 0 Å². The van der Waals surface area contributed by atoms with E-state index in [2.05, 4.69) is 20.9 Å². The molecule has 8 atom stereocenters. The number of esters is 1. The van der Waals surface area contributed by atoms with Gasteiger partial charge in [0.15, 0.2) is 5.82 Å². The van der Waals surface area contributed by atoms with Crippen LogP contribution in [0.15, 0.2) is 36.5 Å². The maximum atomic E-state index is 14.8. The van der Waals surface area contributed by atoms with Crippen molar-refractivity contribution in [2.75, 3.05) is 58.4 Å². The number of carbonyl (C=O) groups is 4. The van der Waals surface area contributed by atoms with Gasteiger partial charge in [0.25, 0.3) is 0 Å². The van der Waals surface area contributed by atoms with Crippen LogP contribution in [0.1, 0.15) is 90.9 Å². The molecule has 3 aromatic rings. The Bertz CT molecular complexity index is 2170. The zero-order chi connectivity index (χ0) is 44.4. The molecule has 17 nitrogen and oxygen atoms in total. The number of amides is 3. The zero-order valence-corrected chi connectivity index (χ0v) is 37.4. The average molecular weight is 885 g/mol. The van der Waals surface area contributed by atoms with Crippen molar-refractivity contribution in [2.24, 2.45) is 17.8 Å². The van der Waals surface area contributed by atoms with Crippen molar-refractivity contribution in [3.8, 4) is 17.3 Å². The second kappa shape index (κ2) is 19.1. The largest absolute Gasteiger partial charge is 0.492 e. The molecule has 0 radical (unpaired) electrons. The number of anilines is 1. The number of nitrogens with one attached hydrogen (secondary N) is 3. The summed E-state index contributed by atoms with van der Waals surface area (Å²) in [6.07, 6.45) is 9.62. The SMILES string of the molecule is COC(=O)[C@@]12C[C@H]1CCCCCCC[C@H](NC(=O)O[C@@H]1C[C@@H]3C[C@@H]3C1)C(=O)N1C[C@H](Oc3cc(-n4ccc(NC(C)C)n4)nc4cc(OCCN5CCOCC5)ccc34)CC1C(=O)N2. The summed E-state index contributed by atoms with van der Waals surface area (Å²) >= 11 is 0. The summed E-state index contributed by atoms with van der Waals surface area (Å²) in [4.78, 5) is 65.0. The topological polar surface area (TPSA) is 188 Å². The van der Waals surface area contributed by atoms with Gasteiger partial charge in [0, 0.05) is 61.9 Å². The van der Waals surface area contributed by atoms with E-state index in [1.807, 2.05) is 50.4 Å². The third-order valence-corrected chi connectivity index (χ3v) is 14.0. The first-order valence-electron chi connectivity index (χ1n) is 23.6. The Morgan fingerprint density at radius 1 is 0.969 bits per heavy atom. The highest BCUT2D eigenvalue weighted by Gasteiger charge is 2.62. The molecule has 5 heterocycles. The number of hydrogen-bond donors (Lipinski definition) is 3. The lowest BCUT2D eigenvalue weighted by molar-refractivity contribution is -0.148. The van der Waals surface area contributed by atoms with Crippen LogP contribution in [0, 0.1) is 17.8 Å². The number of carbonyl (C=O) groups excluding carboxylic acids is 4.